The van der Waals surface area contributed by atoms with Crippen LogP contribution in [0.2, 0.25) is 0 Å². The van der Waals surface area contributed by atoms with Crippen molar-refractivity contribution in [1.82, 2.24) is 5.32 Å². The zero-order valence-corrected chi connectivity index (χ0v) is 14.6. The Morgan fingerprint density at radius 2 is 1.96 bits per heavy atom. The number of rotatable bonds is 5. The summed E-state index contributed by atoms with van der Waals surface area (Å²) in [6.45, 7) is 5.80. The molecule has 1 aliphatic carbocycles. The van der Waals surface area contributed by atoms with Crippen LogP contribution in [-0.2, 0) is 4.79 Å². The number of amides is 1. The van der Waals surface area contributed by atoms with E-state index in [2.05, 4.69) is 5.32 Å². The van der Waals surface area contributed by atoms with Gasteiger partial charge >= 0.3 is 0 Å². The van der Waals surface area contributed by atoms with Crippen molar-refractivity contribution < 1.29 is 19.8 Å². The summed E-state index contributed by atoms with van der Waals surface area (Å²) < 4.78 is 0. The van der Waals surface area contributed by atoms with Crippen molar-refractivity contribution in [3.63, 3.8) is 0 Å². The second-order valence-corrected chi connectivity index (χ2v) is 7.28. The highest BCUT2D eigenvalue weighted by molar-refractivity contribution is 6.02. The number of carbonyl (C=O) groups is 2. The normalized spacial score (nSPS) is 27.0. The van der Waals surface area contributed by atoms with Crippen LogP contribution >= 0.6 is 0 Å². The van der Waals surface area contributed by atoms with Crippen molar-refractivity contribution in [3.8, 4) is 5.75 Å². The van der Waals surface area contributed by atoms with Crippen LogP contribution in [0.25, 0.3) is 0 Å². The van der Waals surface area contributed by atoms with Crippen LogP contribution in [0.5, 0.6) is 5.75 Å². The molecule has 1 aliphatic rings. The molecule has 0 heterocycles. The Balaban J connectivity index is 2.07. The maximum atomic E-state index is 12.6. The van der Waals surface area contributed by atoms with Crippen LogP contribution in [0, 0.1) is 17.8 Å². The highest BCUT2D eigenvalue weighted by Crippen LogP contribution is 2.41. The number of hydrogen-bond donors (Lipinski definition) is 3. The van der Waals surface area contributed by atoms with Gasteiger partial charge in [-0.1, -0.05) is 39.3 Å². The molecule has 1 aromatic carbocycles. The number of Topliss-reactive ketones (excluding diaryl/α,β-unsaturated/α-hetero) is 1. The van der Waals surface area contributed by atoms with Gasteiger partial charge in [-0.15, -0.1) is 0 Å². The minimum Gasteiger partial charge on any atom is -0.507 e. The Morgan fingerprint density at radius 1 is 1.29 bits per heavy atom. The minimum atomic E-state index is -1.44. The molecule has 5 heteroatoms. The number of aliphatic hydroxyl groups is 1. The lowest BCUT2D eigenvalue weighted by molar-refractivity contribution is -0.155. The molecule has 3 atom stereocenters. The predicted octanol–water partition coefficient (Wildman–Crippen LogP) is 2.51. The number of hydrogen-bond acceptors (Lipinski definition) is 4. The predicted molar refractivity (Wildman–Crippen MR) is 91.7 cm³/mol. The fraction of sp³-hybridized carbons (Fsp3) is 0.579. The van der Waals surface area contributed by atoms with Gasteiger partial charge in [-0.3, -0.25) is 9.59 Å². The van der Waals surface area contributed by atoms with Gasteiger partial charge in [-0.2, -0.15) is 0 Å². The molecule has 0 bridgehead atoms. The Morgan fingerprint density at radius 3 is 2.58 bits per heavy atom. The van der Waals surface area contributed by atoms with Crippen molar-refractivity contribution >= 4 is 11.7 Å². The van der Waals surface area contributed by atoms with Crippen LogP contribution < -0.4 is 5.32 Å². The molecule has 0 aromatic heterocycles. The number of nitrogens with one attached hydrogen (secondary N) is 1. The molecule has 3 N–H and O–H groups in total. The molecule has 1 saturated carbocycles. The Labute approximate surface area is 143 Å². The van der Waals surface area contributed by atoms with Gasteiger partial charge in [0.1, 0.15) is 11.4 Å². The molecule has 0 radical (unpaired) electrons. The lowest BCUT2D eigenvalue weighted by atomic mass is 9.66. The molecule has 132 valence electrons. The first kappa shape index (κ1) is 18.5. The van der Waals surface area contributed by atoms with E-state index in [1.54, 1.807) is 12.1 Å². The number of phenols is 1. The van der Waals surface area contributed by atoms with Crippen LogP contribution in [0.4, 0.5) is 0 Å². The third-order valence-corrected chi connectivity index (χ3v) is 5.06. The summed E-state index contributed by atoms with van der Waals surface area (Å²) >= 11 is 0. The van der Waals surface area contributed by atoms with E-state index in [1.807, 2.05) is 20.8 Å². The van der Waals surface area contributed by atoms with E-state index >= 15 is 0 Å². The number of ketones is 1. The van der Waals surface area contributed by atoms with Crippen LogP contribution in [0.15, 0.2) is 24.3 Å². The largest absolute Gasteiger partial charge is 0.507 e. The first-order valence-corrected chi connectivity index (χ1v) is 8.57. The highest BCUT2D eigenvalue weighted by Gasteiger charge is 2.48. The van der Waals surface area contributed by atoms with Crippen molar-refractivity contribution in [2.45, 2.75) is 45.6 Å². The van der Waals surface area contributed by atoms with E-state index in [9.17, 15) is 19.8 Å². The third-order valence-electron chi connectivity index (χ3n) is 5.06. The number of para-hydroxylation sites is 1. The fourth-order valence-electron chi connectivity index (χ4n) is 3.75. The van der Waals surface area contributed by atoms with Crippen molar-refractivity contribution in [2.75, 3.05) is 6.54 Å². The first-order chi connectivity index (χ1) is 11.3. The van der Waals surface area contributed by atoms with Gasteiger partial charge < -0.3 is 15.5 Å². The maximum Gasteiger partial charge on any atom is 0.252 e. The number of benzene rings is 1. The van der Waals surface area contributed by atoms with Gasteiger partial charge in [-0.05, 0) is 42.7 Å². The van der Waals surface area contributed by atoms with Crippen LogP contribution in [0.3, 0.4) is 0 Å². The summed E-state index contributed by atoms with van der Waals surface area (Å²) in [6, 6.07) is 6.22. The lowest BCUT2D eigenvalue weighted by Crippen LogP contribution is -2.56. The van der Waals surface area contributed by atoms with Gasteiger partial charge in [0.25, 0.3) is 5.91 Å². The Bertz CT molecular complexity index is 613. The fourth-order valence-corrected chi connectivity index (χ4v) is 3.75. The van der Waals surface area contributed by atoms with Crippen LogP contribution in [0.1, 0.15) is 50.4 Å². The average molecular weight is 333 g/mol. The molecule has 5 nitrogen and oxygen atoms in total. The highest BCUT2D eigenvalue weighted by atomic mass is 16.3. The lowest BCUT2D eigenvalue weighted by Gasteiger charge is -2.43. The Kier molecular flexibility index (Phi) is 5.65. The van der Waals surface area contributed by atoms with E-state index in [1.165, 1.54) is 12.1 Å². The summed E-state index contributed by atoms with van der Waals surface area (Å²) in [5.41, 5.74) is -1.27. The topological polar surface area (TPSA) is 86.6 Å². The van der Waals surface area contributed by atoms with Crippen molar-refractivity contribution in [1.29, 1.82) is 0 Å². The van der Waals surface area contributed by atoms with Crippen molar-refractivity contribution in [3.05, 3.63) is 29.8 Å². The molecule has 0 aliphatic heterocycles. The Hall–Kier alpha value is -1.88. The zero-order chi connectivity index (χ0) is 17.9. The molecule has 0 saturated heterocycles. The van der Waals surface area contributed by atoms with Gasteiger partial charge in [-0.25, -0.2) is 0 Å². The summed E-state index contributed by atoms with van der Waals surface area (Å²) in [4.78, 5) is 24.8. The first-order valence-electron chi connectivity index (χ1n) is 8.57. The summed E-state index contributed by atoms with van der Waals surface area (Å²) in [7, 11) is 0. The number of aromatic hydroxyl groups is 1. The molecule has 0 spiro atoms. The average Bonchev–Trinajstić information content (AvgIpc) is 2.52. The van der Waals surface area contributed by atoms with Gasteiger partial charge in [0, 0.05) is 0 Å². The quantitative estimate of drug-likeness (QED) is 0.723. The SMILES string of the molecule is CC1CCC(C(C)C)C(O)(C(=O)NCC(=O)c2ccccc2O)C1. The molecule has 1 aromatic rings. The smallest absolute Gasteiger partial charge is 0.252 e. The maximum absolute atomic E-state index is 12.6. The zero-order valence-electron chi connectivity index (χ0n) is 14.6. The second-order valence-electron chi connectivity index (χ2n) is 7.28. The monoisotopic (exact) mass is 333 g/mol. The molecular weight excluding hydrogens is 306 g/mol. The van der Waals surface area contributed by atoms with E-state index in [0.29, 0.717) is 6.42 Å². The second kappa shape index (κ2) is 7.34. The molecule has 1 amide bonds. The number of carbonyl (C=O) groups excluding carboxylic acids is 2. The van der Waals surface area contributed by atoms with Gasteiger partial charge in [0.2, 0.25) is 0 Å². The molecule has 24 heavy (non-hydrogen) atoms. The minimum absolute atomic E-state index is 0.109. The van der Waals surface area contributed by atoms with E-state index in [-0.39, 0.29) is 41.4 Å². The molecule has 3 unspecified atom stereocenters. The summed E-state index contributed by atoms with van der Waals surface area (Å²) in [5.74, 6) is -0.644. The van der Waals surface area contributed by atoms with E-state index in [4.69, 9.17) is 0 Å². The number of phenolic OH excluding ortho intramolecular Hbond substituents is 1. The van der Waals surface area contributed by atoms with E-state index in [0.717, 1.165) is 12.8 Å². The van der Waals surface area contributed by atoms with Gasteiger partial charge in [0.05, 0.1) is 12.1 Å². The van der Waals surface area contributed by atoms with E-state index < -0.39 is 11.5 Å². The summed E-state index contributed by atoms with van der Waals surface area (Å²) in [6.07, 6.45) is 2.21. The third kappa shape index (κ3) is 3.78. The molecule has 2 rings (SSSR count). The van der Waals surface area contributed by atoms with Crippen LogP contribution in [-0.4, -0.2) is 34.0 Å². The standard InChI is InChI=1S/C19H27NO4/c1-12(2)15-9-8-13(3)10-19(15,24)18(23)20-11-17(22)14-6-4-5-7-16(14)21/h4-7,12-13,15,21,24H,8-11H2,1-3H3,(H,20,23). The van der Waals surface area contributed by atoms with Gasteiger partial charge in [0.15, 0.2) is 5.78 Å². The molecule has 1 fully saturated rings. The molecular formula is C19H27NO4. The summed E-state index contributed by atoms with van der Waals surface area (Å²) in [5, 5.41) is 23.3. The van der Waals surface area contributed by atoms with Crippen molar-refractivity contribution in [2.24, 2.45) is 17.8 Å².